The predicted molar refractivity (Wildman–Crippen MR) is 138 cm³/mol. The van der Waals surface area contributed by atoms with Gasteiger partial charge in [0.15, 0.2) is 0 Å². The molecule has 0 aliphatic heterocycles. The molecule has 3 heteroatoms. The Morgan fingerprint density at radius 3 is 1.75 bits per heavy atom. The molecule has 3 aromatic carbocycles. The topological polar surface area (TPSA) is 26.3 Å². The molecule has 32 heavy (non-hydrogen) atoms. The van der Waals surface area contributed by atoms with Gasteiger partial charge in [0.25, 0.3) is 0 Å². The van der Waals surface area contributed by atoms with Crippen molar-refractivity contribution in [1.29, 1.82) is 0 Å². The number of unbranched alkanes of at least 4 members (excludes halogenated alkanes) is 6. The molecule has 0 unspecified atom stereocenters. The van der Waals surface area contributed by atoms with Gasteiger partial charge in [-0.2, -0.15) is 0 Å². The highest BCUT2D eigenvalue weighted by atomic mass is 31.1. The van der Waals surface area contributed by atoms with Crippen LogP contribution in [0.4, 0.5) is 0 Å². The summed E-state index contributed by atoms with van der Waals surface area (Å²) in [5.74, 6) is -0.173. The van der Waals surface area contributed by atoms with Crippen LogP contribution in [0.15, 0.2) is 84.9 Å². The number of benzene rings is 3. The second kappa shape index (κ2) is 13.9. The van der Waals surface area contributed by atoms with Gasteiger partial charge in [-0.15, -0.1) is 0 Å². The van der Waals surface area contributed by atoms with Crippen LogP contribution in [0.1, 0.15) is 57.4 Å². The van der Waals surface area contributed by atoms with Gasteiger partial charge >= 0.3 is 5.97 Å². The van der Waals surface area contributed by atoms with Crippen molar-refractivity contribution in [3.63, 3.8) is 0 Å². The number of ether oxygens (including phenoxy) is 1. The SMILES string of the molecule is CC(=O)OCCCCCCCCCc1ccccc1P(c1ccccc1)c1ccccc1. The lowest BCUT2D eigenvalue weighted by Gasteiger charge is -2.22. The Balaban J connectivity index is 1.55. The molecule has 0 aromatic heterocycles. The summed E-state index contributed by atoms with van der Waals surface area (Å²) in [5.41, 5.74) is 1.49. The molecule has 0 aliphatic rings. The maximum absolute atomic E-state index is 10.8. The summed E-state index contributed by atoms with van der Waals surface area (Å²) in [7, 11) is -0.544. The summed E-state index contributed by atoms with van der Waals surface area (Å²) in [6.45, 7) is 2.04. The van der Waals surface area contributed by atoms with Crippen LogP contribution >= 0.6 is 7.92 Å². The van der Waals surface area contributed by atoms with Crippen LogP contribution in [0.2, 0.25) is 0 Å². The molecule has 168 valence electrons. The number of esters is 1. The fourth-order valence-corrected chi connectivity index (χ4v) is 6.54. The zero-order valence-electron chi connectivity index (χ0n) is 19.2. The molecular formula is C29H35O2P. The van der Waals surface area contributed by atoms with Crippen molar-refractivity contribution in [3.8, 4) is 0 Å². The molecule has 3 rings (SSSR count). The van der Waals surface area contributed by atoms with Gasteiger partial charge < -0.3 is 4.74 Å². The lowest BCUT2D eigenvalue weighted by Crippen LogP contribution is -2.23. The van der Waals surface area contributed by atoms with Crippen molar-refractivity contribution in [2.75, 3.05) is 6.61 Å². The van der Waals surface area contributed by atoms with Gasteiger partial charge in [0, 0.05) is 6.92 Å². The first-order valence-corrected chi connectivity index (χ1v) is 13.2. The van der Waals surface area contributed by atoms with Gasteiger partial charge in [0.2, 0.25) is 0 Å². The quantitative estimate of drug-likeness (QED) is 0.175. The number of carbonyl (C=O) groups excluding carboxylic acids is 1. The van der Waals surface area contributed by atoms with E-state index in [0.717, 1.165) is 19.3 Å². The van der Waals surface area contributed by atoms with E-state index in [1.54, 1.807) is 0 Å². The van der Waals surface area contributed by atoms with Gasteiger partial charge in [-0.25, -0.2) is 0 Å². The first-order valence-electron chi connectivity index (χ1n) is 11.9. The van der Waals surface area contributed by atoms with E-state index >= 15 is 0 Å². The molecule has 0 saturated heterocycles. The number of hydrogen-bond acceptors (Lipinski definition) is 2. The molecule has 0 N–H and O–H groups in total. The number of carbonyl (C=O) groups is 1. The van der Waals surface area contributed by atoms with Crippen LogP contribution < -0.4 is 15.9 Å². The van der Waals surface area contributed by atoms with E-state index in [1.165, 1.54) is 60.5 Å². The van der Waals surface area contributed by atoms with Crippen molar-refractivity contribution < 1.29 is 9.53 Å². The minimum atomic E-state index is -0.544. The average Bonchev–Trinajstić information content (AvgIpc) is 2.82. The molecule has 0 radical (unpaired) electrons. The van der Waals surface area contributed by atoms with Crippen molar-refractivity contribution >= 4 is 29.8 Å². The molecular weight excluding hydrogens is 411 g/mol. The predicted octanol–water partition coefficient (Wildman–Crippen LogP) is 6.28. The maximum atomic E-state index is 10.8. The number of hydrogen-bond donors (Lipinski definition) is 0. The lowest BCUT2D eigenvalue weighted by atomic mass is 10.0. The van der Waals surface area contributed by atoms with Crippen molar-refractivity contribution in [1.82, 2.24) is 0 Å². The monoisotopic (exact) mass is 446 g/mol. The molecule has 0 heterocycles. The van der Waals surface area contributed by atoms with E-state index in [9.17, 15) is 4.79 Å². The van der Waals surface area contributed by atoms with Gasteiger partial charge in [0.05, 0.1) is 6.61 Å². The fraction of sp³-hybridized carbons (Fsp3) is 0.345. The van der Waals surface area contributed by atoms with E-state index in [4.69, 9.17) is 4.74 Å². The third-order valence-corrected chi connectivity index (χ3v) is 8.20. The minimum absolute atomic E-state index is 0.173. The first kappa shape index (κ1) is 24.2. The van der Waals surface area contributed by atoms with Crippen LogP contribution in [0.25, 0.3) is 0 Å². The number of aryl methyl sites for hydroxylation is 1. The average molecular weight is 447 g/mol. The van der Waals surface area contributed by atoms with Crippen molar-refractivity contribution in [2.24, 2.45) is 0 Å². The second-order valence-corrected chi connectivity index (χ2v) is 10.4. The summed E-state index contributed by atoms with van der Waals surface area (Å²) >= 11 is 0. The Kier molecular flexibility index (Phi) is 10.5. The largest absolute Gasteiger partial charge is 0.466 e. The molecule has 2 nitrogen and oxygen atoms in total. The van der Waals surface area contributed by atoms with E-state index < -0.39 is 7.92 Å². The summed E-state index contributed by atoms with van der Waals surface area (Å²) in [5, 5.41) is 4.31. The van der Waals surface area contributed by atoms with Crippen LogP contribution in [0, 0.1) is 0 Å². The maximum Gasteiger partial charge on any atom is 0.302 e. The van der Waals surface area contributed by atoms with Gasteiger partial charge in [0.1, 0.15) is 0 Å². The highest BCUT2D eigenvalue weighted by Gasteiger charge is 2.18. The third kappa shape index (κ3) is 7.92. The third-order valence-electron chi connectivity index (χ3n) is 5.66. The van der Waals surface area contributed by atoms with E-state index in [1.807, 2.05) is 0 Å². The Bertz CT molecular complexity index is 885. The Labute approximate surface area is 194 Å². The van der Waals surface area contributed by atoms with Crippen molar-refractivity contribution in [2.45, 2.75) is 58.3 Å². The molecule has 0 aliphatic carbocycles. The van der Waals surface area contributed by atoms with E-state index in [-0.39, 0.29) is 5.97 Å². The van der Waals surface area contributed by atoms with Gasteiger partial charge in [-0.3, -0.25) is 4.79 Å². The number of rotatable bonds is 13. The van der Waals surface area contributed by atoms with Crippen molar-refractivity contribution in [3.05, 3.63) is 90.5 Å². The smallest absolute Gasteiger partial charge is 0.302 e. The van der Waals surface area contributed by atoms with Crippen LogP contribution in [-0.2, 0) is 16.0 Å². The molecule has 0 spiro atoms. The van der Waals surface area contributed by atoms with E-state index in [0.29, 0.717) is 6.61 Å². The Morgan fingerprint density at radius 1 is 0.656 bits per heavy atom. The summed E-state index contributed by atoms with van der Waals surface area (Å²) in [4.78, 5) is 10.8. The fourth-order valence-electron chi connectivity index (χ4n) is 4.04. The van der Waals surface area contributed by atoms with E-state index in [2.05, 4.69) is 84.9 Å². The molecule has 0 atom stereocenters. The zero-order chi connectivity index (χ0) is 22.4. The molecule has 3 aromatic rings. The standard InChI is InChI=1S/C29H35O2P/c1-25(30)31-24-16-6-4-2-3-5-9-17-26-18-14-15-23-29(26)32(27-19-10-7-11-20-27)28-21-12-8-13-22-28/h7-8,10-15,18-23H,2-6,9,16-17,24H2,1H3. The Morgan fingerprint density at radius 2 is 1.16 bits per heavy atom. The second-order valence-electron chi connectivity index (χ2n) is 8.20. The molecule has 0 bridgehead atoms. The lowest BCUT2D eigenvalue weighted by molar-refractivity contribution is -0.141. The van der Waals surface area contributed by atoms with Gasteiger partial charge in [-0.1, -0.05) is 117 Å². The van der Waals surface area contributed by atoms with Crippen LogP contribution in [-0.4, -0.2) is 12.6 Å². The minimum Gasteiger partial charge on any atom is -0.466 e. The summed E-state index contributed by atoms with van der Waals surface area (Å²) in [6, 6.07) is 31.0. The molecule has 0 fully saturated rings. The highest BCUT2D eigenvalue weighted by Crippen LogP contribution is 2.34. The normalized spacial score (nSPS) is 10.9. The van der Waals surface area contributed by atoms with Crippen LogP contribution in [0.5, 0.6) is 0 Å². The zero-order valence-corrected chi connectivity index (χ0v) is 20.1. The molecule has 0 amide bonds. The van der Waals surface area contributed by atoms with Gasteiger partial charge in [-0.05, 0) is 48.7 Å². The summed E-state index contributed by atoms with van der Waals surface area (Å²) in [6.07, 6.45) is 9.55. The Hall–Kier alpha value is -2.44. The van der Waals surface area contributed by atoms with Crippen LogP contribution in [0.3, 0.4) is 0 Å². The molecule has 0 saturated carbocycles. The highest BCUT2D eigenvalue weighted by molar-refractivity contribution is 7.79. The first-order chi connectivity index (χ1) is 15.8. The summed E-state index contributed by atoms with van der Waals surface area (Å²) < 4.78 is 4.99.